The molecule has 0 fully saturated rings. The number of benzene rings is 1. The SMILES string of the molecule is Cc1cc(C)c2c(n1)SCC(=O)N2CC(=O)NCc1cccc(Br)c1. The molecule has 1 aromatic carbocycles. The van der Waals surface area contributed by atoms with Gasteiger partial charge in [-0.05, 0) is 43.2 Å². The minimum absolute atomic E-state index is 0.00593. The number of fused-ring (bicyclic) bond motifs is 1. The van der Waals surface area contributed by atoms with Crippen LogP contribution >= 0.6 is 27.7 Å². The van der Waals surface area contributed by atoms with Crippen molar-refractivity contribution < 1.29 is 9.59 Å². The molecule has 1 aliphatic heterocycles. The van der Waals surface area contributed by atoms with Crippen LogP contribution in [-0.2, 0) is 16.1 Å². The predicted molar refractivity (Wildman–Crippen MR) is 103 cm³/mol. The van der Waals surface area contributed by atoms with Gasteiger partial charge in [0.1, 0.15) is 11.6 Å². The van der Waals surface area contributed by atoms with Crippen molar-refractivity contribution in [1.82, 2.24) is 10.3 Å². The Kier molecular flexibility index (Phi) is 5.44. The molecule has 7 heteroatoms. The first kappa shape index (κ1) is 17.9. The highest BCUT2D eigenvalue weighted by Crippen LogP contribution is 2.36. The third-order valence-electron chi connectivity index (χ3n) is 3.86. The Balaban J connectivity index is 1.72. The number of nitrogens with zero attached hydrogens (tertiary/aromatic N) is 2. The second-order valence-corrected chi connectivity index (χ2v) is 7.79. The summed E-state index contributed by atoms with van der Waals surface area (Å²) in [6.45, 7) is 4.30. The van der Waals surface area contributed by atoms with Gasteiger partial charge in [-0.3, -0.25) is 14.5 Å². The predicted octanol–water partition coefficient (Wildman–Crippen LogP) is 3.22. The van der Waals surface area contributed by atoms with E-state index < -0.39 is 0 Å². The van der Waals surface area contributed by atoms with Crippen LogP contribution in [0.25, 0.3) is 0 Å². The highest BCUT2D eigenvalue weighted by Gasteiger charge is 2.29. The van der Waals surface area contributed by atoms with Crippen molar-refractivity contribution in [3.8, 4) is 0 Å². The minimum Gasteiger partial charge on any atom is -0.350 e. The van der Waals surface area contributed by atoms with E-state index in [-0.39, 0.29) is 18.4 Å². The van der Waals surface area contributed by atoms with Gasteiger partial charge >= 0.3 is 0 Å². The first-order valence-corrected chi connectivity index (χ1v) is 9.64. The van der Waals surface area contributed by atoms with Gasteiger partial charge in [0.2, 0.25) is 11.8 Å². The Morgan fingerprint density at radius 3 is 2.92 bits per heavy atom. The molecule has 2 aromatic rings. The maximum atomic E-state index is 12.4. The Hall–Kier alpha value is -1.86. The third kappa shape index (κ3) is 4.22. The summed E-state index contributed by atoms with van der Waals surface area (Å²) in [6, 6.07) is 9.69. The van der Waals surface area contributed by atoms with E-state index in [9.17, 15) is 9.59 Å². The number of nitrogens with one attached hydrogen (secondary N) is 1. The van der Waals surface area contributed by atoms with Gasteiger partial charge in [0.05, 0.1) is 11.4 Å². The Morgan fingerprint density at radius 1 is 1.36 bits per heavy atom. The van der Waals surface area contributed by atoms with Crippen LogP contribution in [0.15, 0.2) is 39.8 Å². The zero-order valence-electron chi connectivity index (χ0n) is 14.0. The molecule has 25 heavy (non-hydrogen) atoms. The highest BCUT2D eigenvalue weighted by atomic mass is 79.9. The van der Waals surface area contributed by atoms with Crippen LogP contribution < -0.4 is 10.2 Å². The van der Waals surface area contributed by atoms with Gasteiger partial charge in [0, 0.05) is 16.7 Å². The number of pyridine rings is 1. The summed E-state index contributed by atoms with van der Waals surface area (Å²) >= 11 is 4.84. The van der Waals surface area contributed by atoms with Gasteiger partial charge in [-0.25, -0.2) is 4.98 Å². The van der Waals surface area contributed by atoms with Crippen LogP contribution in [0, 0.1) is 13.8 Å². The Labute approximate surface area is 159 Å². The summed E-state index contributed by atoms with van der Waals surface area (Å²) < 4.78 is 0.966. The molecular weight excluding hydrogens is 402 g/mol. The quantitative estimate of drug-likeness (QED) is 0.825. The molecule has 1 N–H and O–H groups in total. The highest BCUT2D eigenvalue weighted by molar-refractivity contribution is 9.10. The number of carbonyl (C=O) groups excluding carboxylic acids is 2. The van der Waals surface area contributed by atoms with Crippen LogP contribution in [-0.4, -0.2) is 29.1 Å². The number of amides is 2. The van der Waals surface area contributed by atoms with Crippen molar-refractivity contribution in [1.29, 1.82) is 0 Å². The molecule has 0 unspecified atom stereocenters. The van der Waals surface area contributed by atoms with Gasteiger partial charge in [-0.2, -0.15) is 0 Å². The molecule has 2 amide bonds. The van der Waals surface area contributed by atoms with E-state index in [1.54, 1.807) is 4.90 Å². The molecule has 0 saturated carbocycles. The molecule has 130 valence electrons. The van der Waals surface area contributed by atoms with E-state index in [0.717, 1.165) is 32.0 Å². The summed E-state index contributed by atoms with van der Waals surface area (Å²) in [6.07, 6.45) is 0. The normalized spacial score (nSPS) is 13.6. The number of aryl methyl sites for hydroxylation is 2. The fraction of sp³-hybridized carbons (Fsp3) is 0.278. The maximum Gasteiger partial charge on any atom is 0.240 e. The number of hydrogen-bond acceptors (Lipinski definition) is 4. The molecule has 0 radical (unpaired) electrons. The fourth-order valence-electron chi connectivity index (χ4n) is 2.77. The van der Waals surface area contributed by atoms with Crippen LogP contribution in [0.5, 0.6) is 0 Å². The first-order valence-electron chi connectivity index (χ1n) is 7.86. The number of halogens is 1. The van der Waals surface area contributed by atoms with Crippen LogP contribution in [0.4, 0.5) is 5.69 Å². The van der Waals surface area contributed by atoms with Gasteiger partial charge in [-0.1, -0.05) is 39.8 Å². The summed E-state index contributed by atoms with van der Waals surface area (Å²) in [5.41, 5.74) is 3.63. The maximum absolute atomic E-state index is 12.4. The molecule has 0 atom stereocenters. The lowest BCUT2D eigenvalue weighted by molar-refractivity contribution is -0.123. The molecule has 0 bridgehead atoms. The monoisotopic (exact) mass is 419 g/mol. The average molecular weight is 420 g/mol. The van der Waals surface area contributed by atoms with E-state index in [1.807, 2.05) is 44.2 Å². The van der Waals surface area contributed by atoms with E-state index in [2.05, 4.69) is 26.2 Å². The number of hydrogen-bond donors (Lipinski definition) is 1. The molecule has 0 spiro atoms. The molecule has 5 nitrogen and oxygen atoms in total. The fourth-order valence-corrected chi connectivity index (χ4v) is 4.25. The van der Waals surface area contributed by atoms with Gasteiger partial charge in [-0.15, -0.1) is 0 Å². The van der Waals surface area contributed by atoms with Crippen LogP contribution in [0.2, 0.25) is 0 Å². The number of rotatable bonds is 4. The van der Waals surface area contributed by atoms with Crippen LogP contribution in [0.1, 0.15) is 16.8 Å². The largest absolute Gasteiger partial charge is 0.350 e. The molecule has 2 heterocycles. The van der Waals surface area contributed by atoms with Gasteiger partial charge in [0.15, 0.2) is 0 Å². The van der Waals surface area contributed by atoms with Crippen molar-refractivity contribution in [3.63, 3.8) is 0 Å². The lowest BCUT2D eigenvalue weighted by Crippen LogP contribution is -2.43. The summed E-state index contributed by atoms with van der Waals surface area (Å²) in [7, 11) is 0. The molecule has 0 aliphatic carbocycles. The Bertz CT molecular complexity index is 841. The van der Waals surface area contributed by atoms with Crippen molar-refractivity contribution in [2.45, 2.75) is 25.4 Å². The lowest BCUT2D eigenvalue weighted by Gasteiger charge is -2.29. The zero-order chi connectivity index (χ0) is 18.0. The number of thioether (sulfide) groups is 1. The van der Waals surface area contributed by atoms with E-state index in [0.29, 0.717) is 12.3 Å². The molecule has 1 aromatic heterocycles. The lowest BCUT2D eigenvalue weighted by atomic mass is 10.2. The minimum atomic E-state index is -0.189. The third-order valence-corrected chi connectivity index (χ3v) is 5.31. The van der Waals surface area contributed by atoms with Gasteiger partial charge in [0.25, 0.3) is 0 Å². The van der Waals surface area contributed by atoms with E-state index >= 15 is 0 Å². The second kappa shape index (κ2) is 7.58. The van der Waals surface area contributed by atoms with Crippen molar-refractivity contribution in [2.24, 2.45) is 0 Å². The number of anilines is 1. The van der Waals surface area contributed by atoms with Crippen molar-refractivity contribution in [3.05, 3.63) is 51.6 Å². The average Bonchev–Trinajstić information content (AvgIpc) is 2.55. The first-order chi connectivity index (χ1) is 11.9. The standard InChI is InChI=1S/C18H18BrN3O2S/c1-11-6-12(2)21-18-17(11)22(16(24)10-25-18)9-15(23)20-8-13-4-3-5-14(19)7-13/h3-7H,8-10H2,1-2H3,(H,20,23). The van der Waals surface area contributed by atoms with E-state index in [4.69, 9.17) is 0 Å². The van der Waals surface area contributed by atoms with Gasteiger partial charge < -0.3 is 5.32 Å². The van der Waals surface area contributed by atoms with Crippen molar-refractivity contribution in [2.75, 3.05) is 17.2 Å². The molecular formula is C18H18BrN3O2S. The molecule has 1 aliphatic rings. The Morgan fingerprint density at radius 2 is 2.16 bits per heavy atom. The molecule has 3 rings (SSSR count). The topological polar surface area (TPSA) is 62.3 Å². The zero-order valence-corrected chi connectivity index (χ0v) is 16.4. The van der Waals surface area contributed by atoms with Crippen LogP contribution in [0.3, 0.4) is 0 Å². The number of carbonyl (C=O) groups is 2. The smallest absolute Gasteiger partial charge is 0.240 e. The summed E-state index contributed by atoms with van der Waals surface area (Å²) in [4.78, 5) is 30.7. The van der Waals surface area contributed by atoms with Crippen molar-refractivity contribution >= 4 is 45.2 Å². The second-order valence-electron chi connectivity index (χ2n) is 5.91. The summed E-state index contributed by atoms with van der Waals surface area (Å²) in [5, 5.41) is 3.69. The number of aromatic nitrogens is 1. The van der Waals surface area contributed by atoms with E-state index in [1.165, 1.54) is 11.8 Å². The summed E-state index contributed by atoms with van der Waals surface area (Å²) in [5.74, 6) is 0.0527. The molecule has 0 saturated heterocycles.